The van der Waals surface area contributed by atoms with Gasteiger partial charge in [0.1, 0.15) is 0 Å². The third-order valence-electron chi connectivity index (χ3n) is 2.94. The van der Waals surface area contributed by atoms with E-state index in [0.29, 0.717) is 0 Å². The van der Waals surface area contributed by atoms with Gasteiger partial charge in [-0.1, -0.05) is 0 Å². The molecular formula is C14H13NO5S. The molecule has 0 atom stereocenters. The minimum absolute atomic E-state index is 0.0364. The average Bonchev–Trinajstić information content (AvgIpc) is 2.47. The van der Waals surface area contributed by atoms with Crippen molar-refractivity contribution in [2.24, 2.45) is 0 Å². The quantitative estimate of drug-likeness (QED) is 0.890. The van der Waals surface area contributed by atoms with Crippen molar-refractivity contribution < 1.29 is 18.3 Å². The van der Waals surface area contributed by atoms with Crippen molar-refractivity contribution in [2.75, 3.05) is 5.75 Å². The zero-order valence-corrected chi connectivity index (χ0v) is 11.8. The molecule has 1 heterocycles. The van der Waals surface area contributed by atoms with E-state index in [1.54, 1.807) is 4.57 Å². The van der Waals surface area contributed by atoms with E-state index in [1.807, 2.05) is 0 Å². The van der Waals surface area contributed by atoms with Gasteiger partial charge in [0.05, 0.1) is 16.2 Å². The maximum Gasteiger partial charge on any atom is 0.335 e. The number of sulfone groups is 1. The van der Waals surface area contributed by atoms with Crippen molar-refractivity contribution >= 4 is 15.8 Å². The molecule has 110 valence electrons. The number of aromatic carboxylic acids is 1. The molecule has 1 aromatic carbocycles. The molecule has 0 aliphatic heterocycles. The largest absolute Gasteiger partial charge is 0.478 e. The van der Waals surface area contributed by atoms with Crippen LogP contribution in [0.5, 0.6) is 0 Å². The standard InChI is InChI=1S/C14H13NO5S/c16-12-5-7-15(8-6-12)9-10-21(19,20)13-3-1-11(2-4-13)14(17)18/h1-8H,9-10H2,(H,17,18). The number of carbonyl (C=O) groups is 1. The molecule has 0 unspecified atom stereocenters. The second-order valence-corrected chi connectivity index (χ2v) is 6.53. The number of aryl methyl sites for hydroxylation is 1. The second-order valence-electron chi connectivity index (χ2n) is 4.42. The Morgan fingerprint density at radius 1 is 1.05 bits per heavy atom. The first kappa shape index (κ1) is 15.0. The smallest absolute Gasteiger partial charge is 0.335 e. The van der Waals surface area contributed by atoms with Crippen LogP contribution in [0.1, 0.15) is 10.4 Å². The maximum absolute atomic E-state index is 12.1. The topological polar surface area (TPSA) is 93.4 Å². The molecule has 1 aromatic heterocycles. The lowest BCUT2D eigenvalue weighted by molar-refractivity contribution is 0.0696. The van der Waals surface area contributed by atoms with Gasteiger partial charge >= 0.3 is 5.97 Å². The van der Waals surface area contributed by atoms with Gasteiger partial charge < -0.3 is 9.67 Å². The molecule has 0 saturated heterocycles. The van der Waals surface area contributed by atoms with Gasteiger partial charge in [-0.05, 0) is 24.3 Å². The monoisotopic (exact) mass is 307 g/mol. The van der Waals surface area contributed by atoms with Crippen LogP contribution in [0.4, 0.5) is 0 Å². The molecule has 21 heavy (non-hydrogen) atoms. The molecule has 6 nitrogen and oxygen atoms in total. The Labute approximate surface area is 121 Å². The summed E-state index contributed by atoms with van der Waals surface area (Å²) in [5, 5.41) is 8.77. The molecule has 0 saturated carbocycles. The number of benzene rings is 1. The van der Waals surface area contributed by atoms with Crippen LogP contribution in [0.2, 0.25) is 0 Å². The van der Waals surface area contributed by atoms with Gasteiger partial charge in [0.2, 0.25) is 0 Å². The molecule has 2 aromatic rings. The first-order chi connectivity index (χ1) is 9.88. The lowest BCUT2D eigenvalue weighted by Crippen LogP contribution is -2.14. The molecule has 0 radical (unpaired) electrons. The van der Waals surface area contributed by atoms with Gasteiger partial charge in [-0.3, -0.25) is 4.79 Å². The summed E-state index contributed by atoms with van der Waals surface area (Å²) in [6, 6.07) is 7.79. The zero-order valence-electron chi connectivity index (χ0n) is 11.0. The number of hydrogen-bond acceptors (Lipinski definition) is 4. The summed E-state index contributed by atoms with van der Waals surface area (Å²) in [6.07, 6.45) is 3.04. The highest BCUT2D eigenvalue weighted by molar-refractivity contribution is 7.91. The molecule has 0 fully saturated rings. The van der Waals surface area contributed by atoms with Gasteiger partial charge in [0.15, 0.2) is 15.3 Å². The summed E-state index contributed by atoms with van der Waals surface area (Å²) in [5.41, 5.74) is -0.104. The van der Waals surface area contributed by atoms with E-state index >= 15 is 0 Å². The van der Waals surface area contributed by atoms with E-state index in [2.05, 4.69) is 0 Å². The molecule has 0 amide bonds. The van der Waals surface area contributed by atoms with Crippen LogP contribution in [-0.4, -0.2) is 29.8 Å². The lowest BCUT2D eigenvalue weighted by Gasteiger charge is -2.07. The van der Waals surface area contributed by atoms with E-state index in [-0.39, 0.29) is 28.2 Å². The molecule has 0 aliphatic rings. The van der Waals surface area contributed by atoms with Crippen LogP contribution in [0.3, 0.4) is 0 Å². The minimum Gasteiger partial charge on any atom is -0.478 e. The van der Waals surface area contributed by atoms with Crippen LogP contribution >= 0.6 is 0 Å². The van der Waals surface area contributed by atoms with Crippen molar-refractivity contribution in [3.63, 3.8) is 0 Å². The third kappa shape index (κ3) is 3.79. The lowest BCUT2D eigenvalue weighted by atomic mass is 10.2. The van der Waals surface area contributed by atoms with Gasteiger partial charge in [-0.2, -0.15) is 0 Å². The summed E-state index contributed by atoms with van der Waals surface area (Å²) in [5.74, 6) is -1.24. The van der Waals surface area contributed by atoms with Crippen LogP contribution in [0.15, 0.2) is 58.5 Å². The average molecular weight is 307 g/mol. The Kier molecular flexibility index (Phi) is 4.23. The third-order valence-corrected chi connectivity index (χ3v) is 4.65. The highest BCUT2D eigenvalue weighted by Crippen LogP contribution is 2.13. The van der Waals surface area contributed by atoms with Crippen LogP contribution < -0.4 is 5.43 Å². The number of hydrogen-bond donors (Lipinski definition) is 1. The predicted octanol–water partition coefficient (Wildman–Crippen LogP) is 1.02. The van der Waals surface area contributed by atoms with Crippen molar-refractivity contribution in [2.45, 2.75) is 11.4 Å². The number of aromatic nitrogens is 1. The summed E-state index contributed by atoms with van der Waals surface area (Å²) in [7, 11) is -3.50. The Bertz CT molecular complexity index is 786. The summed E-state index contributed by atoms with van der Waals surface area (Å²) >= 11 is 0. The molecule has 0 aliphatic carbocycles. The Morgan fingerprint density at radius 3 is 2.14 bits per heavy atom. The van der Waals surface area contributed by atoms with Gasteiger partial charge in [0, 0.05) is 31.1 Å². The number of carboxylic acids is 1. The zero-order chi connectivity index (χ0) is 15.5. The highest BCUT2D eigenvalue weighted by Gasteiger charge is 2.15. The Morgan fingerprint density at radius 2 is 1.62 bits per heavy atom. The van der Waals surface area contributed by atoms with Crippen molar-refractivity contribution in [3.05, 3.63) is 64.6 Å². The van der Waals surface area contributed by atoms with Gasteiger partial charge in [-0.25, -0.2) is 13.2 Å². The van der Waals surface area contributed by atoms with Crippen molar-refractivity contribution in [1.29, 1.82) is 0 Å². The normalized spacial score (nSPS) is 11.2. The number of pyridine rings is 1. The molecule has 0 spiro atoms. The number of nitrogens with zero attached hydrogens (tertiary/aromatic N) is 1. The van der Waals surface area contributed by atoms with E-state index in [4.69, 9.17) is 5.11 Å². The van der Waals surface area contributed by atoms with Crippen LogP contribution in [-0.2, 0) is 16.4 Å². The van der Waals surface area contributed by atoms with E-state index in [9.17, 15) is 18.0 Å². The summed E-state index contributed by atoms with van der Waals surface area (Å²) in [6.45, 7) is 0.212. The predicted molar refractivity (Wildman–Crippen MR) is 76.2 cm³/mol. The fourth-order valence-corrected chi connectivity index (χ4v) is 2.98. The van der Waals surface area contributed by atoms with Crippen LogP contribution in [0, 0.1) is 0 Å². The maximum atomic E-state index is 12.1. The summed E-state index contributed by atoms with van der Waals surface area (Å²) in [4.78, 5) is 21.8. The molecule has 1 N–H and O–H groups in total. The molecular weight excluding hydrogens is 294 g/mol. The Balaban J connectivity index is 2.12. The van der Waals surface area contributed by atoms with E-state index < -0.39 is 15.8 Å². The molecule has 2 rings (SSSR count). The first-order valence-corrected chi connectivity index (χ1v) is 7.76. The van der Waals surface area contributed by atoms with E-state index in [1.165, 1.54) is 48.8 Å². The van der Waals surface area contributed by atoms with Crippen LogP contribution in [0.25, 0.3) is 0 Å². The number of carboxylic acid groups (broad SMARTS) is 1. The van der Waals surface area contributed by atoms with E-state index in [0.717, 1.165) is 0 Å². The van der Waals surface area contributed by atoms with Crippen molar-refractivity contribution in [3.8, 4) is 0 Å². The van der Waals surface area contributed by atoms with Crippen molar-refractivity contribution in [1.82, 2.24) is 4.57 Å². The Hall–Kier alpha value is -2.41. The molecule has 0 bridgehead atoms. The number of rotatable bonds is 5. The van der Waals surface area contributed by atoms with Gasteiger partial charge in [-0.15, -0.1) is 0 Å². The second kappa shape index (κ2) is 5.92. The first-order valence-electron chi connectivity index (χ1n) is 6.11. The summed E-state index contributed by atoms with van der Waals surface area (Å²) < 4.78 is 25.9. The minimum atomic E-state index is -3.50. The highest BCUT2D eigenvalue weighted by atomic mass is 32.2. The fourth-order valence-electron chi connectivity index (χ4n) is 1.74. The van der Waals surface area contributed by atoms with Gasteiger partial charge in [0.25, 0.3) is 0 Å². The molecule has 7 heteroatoms. The SMILES string of the molecule is O=C(O)c1ccc(S(=O)(=O)CCn2ccc(=O)cc2)cc1. The fraction of sp³-hybridized carbons (Fsp3) is 0.143.